The van der Waals surface area contributed by atoms with E-state index in [1.165, 1.54) is 11.1 Å². The van der Waals surface area contributed by atoms with Crippen LogP contribution >= 0.6 is 0 Å². The minimum absolute atomic E-state index is 0.208. The minimum Gasteiger partial charge on any atom is -0.339 e. The van der Waals surface area contributed by atoms with Crippen molar-refractivity contribution in [2.24, 2.45) is 0 Å². The summed E-state index contributed by atoms with van der Waals surface area (Å²) in [6.45, 7) is 6.15. The Labute approximate surface area is 104 Å². The molecule has 0 unspecified atom stereocenters. The average molecular weight is 231 g/mol. The molecule has 1 saturated heterocycles. The predicted octanol–water partition coefficient (Wildman–Crippen LogP) is 3.18. The van der Waals surface area contributed by atoms with Crippen LogP contribution in [0, 0.1) is 6.92 Å². The Hall–Kier alpha value is -1.31. The monoisotopic (exact) mass is 231 g/mol. The summed E-state index contributed by atoms with van der Waals surface area (Å²) in [5, 5.41) is 0. The molecule has 1 aliphatic rings. The number of aryl methyl sites for hydroxylation is 2. The number of benzene rings is 1. The highest BCUT2D eigenvalue weighted by molar-refractivity contribution is 5.94. The largest absolute Gasteiger partial charge is 0.339 e. The molecule has 0 spiro atoms. The third-order valence-electron chi connectivity index (χ3n) is 3.51. The summed E-state index contributed by atoms with van der Waals surface area (Å²) in [4.78, 5) is 14.2. The number of likely N-dealkylation sites (tertiary alicyclic amines) is 1. The Kier molecular flexibility index (Phi) is 3.82. The van der Waals surface area contributed by atoms with Gasteiger partial charge in [0.15, 0.2) is 0 Å². The van der Waals surface area contributed by atoms with Crippen LogP contribution in [0.25, 0.3) is 0 Å². The lowest BCUT2D eigenvalue weighted by atomic mass is 10.0. The molecule has 0 saturated carbocycles. The molecule has 0 bridgehead atoms. The summed E-state index contributed by atoms with van der Waals surface area (Å²) in [5.41, 5.74) is 3.48. The van der Waals surface area contributed by atoms with E-state index in [0.29, 0.717) is 0 Å². The van der Waals surface area contributed by atoms with Crippen LogP contribution in [0.5, 0.6) is 0 Å². The summed E-state index contributed by atoms with van der Waals surface area (Å²) in [6.07, 6.45) is 4.49. The first kappa shape index (κ1) is 12.2. The standard InChI is InChI=1S/C15H21NO/c1-3-6-13-11-14(8-7-12(13)2)15(17)16-9-4-5-10-16/h7-8,11H,3-6,9-10H2,1-2H3. The molecule has 2 heteroatoms. The van der Waals surface area contributed by atoms with Crippen molar-refractivity contribution in [3.05, 3.63) is 34.9 Å². The zero-order chi connectivity index (χ0) is 12.3. The zero-order valence-corrected chi connectivity index (χ0v) is 10.8. The van der Waals surface area contributed by atoms with E-state index < -0.39 is 0 Å². The van der Waals surface area contributed by atoms with E-state index in [2.05, 4.69) is 26.0 Å². The Bertz CT molecular complexity index is 405. The highest BCUT2D eigenvalue weighted by atomic mass is 16.2. The lowest BCUT2D eigenvalue weighted by molar-refractivity contribution is 0.0792. The van der Waals surface area contributed by atoms with Gasteiger partial charge in [-0.25, -0.2) is 0 Å². The first-order valence-corrected chi connectivity index (χ1v) is 6.61. The van der Waals surface area contributed by atoms with Crippen molar-refractivity contribution in [3.63, 3.8) is 0 Å². The maximum absolute atomic E-state index is 12.2. The van der Waals surface area contributed by atoms with Crippen LogP contribution in [0.15, 0.2) is 18.2 Å². The molecule has 0 atom stereocenters. The Morgan fingerprint density at radius 2 is 2.00 bits per heavy atom. The van der Waals surface area contributed by atoms with Gasteiger partial charge in [-0.1, -0.05) is 19.4 Å². The SMILES string of the molecule is CCCc1cc(C(=O)N2CCCC2)ccc1C. The van der Waals surface area contributed by atoms with Gasteiger partial charge in [-0.05, 0) is 49.4 Å². The normalized spacial score (nSPS) is 15.3. The second-order valence-electron chi connectivity index (χ2n) is 4.89. The molecule has 17 heavy (non-hydrogen) atoms. The maximum Gasteiger partial charge on any atom is 0.253 e. The fourth-order valence-corrected chi connectivity index (χ4v) is 2.45. The van der Waals surface area contributed by atoms with Crippen LogP contribution in [-0.2, 0) is 6.42 Å². The number of carbonyl (C=O) groups excluding carboxylic acids is 1. The number of nitrogens with zero attached hydrogens (tertiary/aromatic N) is 1. The predicted molar refractivity (Wildman–Crippen MR) is 70.3 cm³/mol. The van der Waals surface area contributed by atoms with Crippen molar-refractivity contribution in [1.82, 2.24) is 4.90 Å². The summed E-state index contributed by atoms with van der Waals surface area (Å²) in [6, 6.07) is 6.13. The minimum atomic E-state index is 0.208. The third kappa shape index (κ3) is 2.68. The van der Waals surface area contributed by atoms with Gasteiger partial charge in [-0.2, -0.15) is 0 Å². The van der Waals surface area contributed by atoms with Crippen LogP contribution in [0.2, 0.25) is 0 Å². The fraction of sp³-hybridized carbons (Fsp3) is 0.533. The Morgan fingerprint density at radius 1 is 1.29 bits per heavy atom. The molecule has 0 N–H and O–H groups in total. The molecule has 2 nitrogen and oxygen atoms in total. The molecule has 2 rings (SSSR count). The molecule has 1 aromatic carbocycles. The van der Waals surface area contributed by atoms with Crippen molar-refractivity contribution in [2.75, 3.05) is 13.1 Å². The average Bonchev–Trinajstić information content (AvgIpc) is 2.85. The smallest absolute Gasteiger partial charge is 0.253 e. The molecular weight excluding hydrogens is 210 g/mol. The van der Waals surface area contributed by atoms with Crippen LogP contribution in [0.1, 0.15) is 47.7 Å². The summed E-state index contributed by atoms with van der Waals surface area (Å²) in [5.74, 6) is 0.208. The molecule has 1 aliphatic heterocycles. The number of carbonyl (C=O) groups is 1. The first-order chi connectivity index (χ1) is 8.22. The molecule has 1 heterocycles. The van der Waals surface area contributed by atoms with Gasteiger partial charge < -0.3 is 4.90 Å². The number of hydrogen-bond acceptors (Lipinski definition) is 1. The lowest BCUT2D eigenvalue weighted by Gasteiger charge is -2.16. The second kappa shape index (κ2) is 5.35. The summed E-state index contributed by atoms with van der Waals surface area (Å²) < 4.78 is 0. The van der Waals surface area contributed by atoms with Gasteiger partial charge in [0.05, 0.1) is 0 Å². The van der Waals surface area contributed by atoms with Gasteiger partial charge in [0.1, 0.15) is 0 Å². The van der Waals surface area contributed by atoms with E-state index >= 15 is 0 Å². The fourth-order valence-electron chi connectivity index (χ4n) is 2.45. The molecule has 0 radical (unpaired) electrons. The third-order valence-corrected chi connectivity index (χ3v) is 3.51. The molecular formula is C15H21NO. The number of amides is 1. The summed E-state index contributed by atoms with van der Waals surface area (Å²) in [7, 11) is 0. The van der Waals surface area contributed by atoms with Gasteiger partial charge >= 0.3 is 0 Å². The van der Waals surface area contributed by atoms with Gasteiger partial charge in [0.2, 0.25) is 0 Å². The highest BCUT2D eigenvalue weighted by Gasteiger charge is 2.19. The number of hydrogen-bond donors (Lipinski definition) is 0. The van der Waals surface area contributed by atoms with Gasteiger partial charge in [0, 0.05) is 18.7 Å². The topological polar surface area (TPSA) is 20.3 Å². The molecule has 0 aliphatic carbocycles. The van der Waals surface area contributed by atoms with Crippen molar-refractivity contribution in [1.29, 1.82) is 0 Å². The quantitative estimate of drug-likeness (QED) is 0.782. The molecule has 92 valence electrons. The number of rotatable bonds is 3. The summed E-state index contributed by atoms with van der Waals surface area (Å²) >= 11 is 0. The molecule has 1 amide bonds. The van der Waals surface area contributed by atoms with Gasteiger partial charge in [-0.15, -0.1) is 0 Å². The molecule has 1 aromatic rings. The van der Waals surface area contributed by atoms with E-state index in [9.17, 15) is 4.79 Å². The van der Waals surface area contributed by atoms with Gasteiger partial charge in [-0.3, -0.25) is 4.79 Å². The van der Waals surface area contributed by atoms with Crippen molar-refractivity contribution in [2.45, 2.75) is 39.5 Å². The lowest BCUT2D eigenvalue weighted by Crippen LogP contribution is -2.27. The van der Waals surface area contributed by atoms with E-state index in [4.69, 9.17) is 0 Å². The van der Waals surface area contributed by atoms with E-state index in [1.807, 2.05) is 11.0 Å². The highest BCUT2D eigenvalue weighted by Crippen LogP contribution is 2.17. The van der Waals surface area contributed by atoms with Crippen LogP contribution in [0.4, 0.5) is 0 Å². The molecule has 0 aromatic heterocycles. The van der Waals surface area contributed by atoms with Crippen LogP contribution < -0.4 is 0 Å². The molecule has 1 fully saturated rings. The van der Waals surface area contributed by atoms with E-state index in [1.54, 1.807) is 0 Å². The van der Waals surface area contributed by atoms with Crippen LogP contribution in [-0.4, -0.2) is 23.9 Å². The maximum atomic E-state index is 12.2. The van der Waals surface area contributed by atoms with Crippen molar-refractivity contribution in [3.8, 4) is 0 Å². The van der Waals surface area contributed by atoms with Crippen molar-refractivity contribution >= 4 is 5.91 Å². The van der Waals surface area contributed by atoms with Gasteiger partial charge in [0.25, 0.3) is 5.91 Å². The zero-order valence-electron chi connectivity index (χ0n) is 10.8. The van der Waals surface area contributed by atoms with E-state index in [-0.39, 0.29) is 5.91 Å². The van der Waals surface area contributed by atoms with Crippen LogP contribution in [0.3, 0.4) is 0 Å². The first-order valence-electron chi connectivity index (χ1n) is 6.61. The second-order valence-corrected chi connectivity index (χ2v) is 4.89. The Morgan fingerprint density at radius 3 is 2.65 bits per heavy atom. The Balaban J connectivity index is 2.20. The van der Waals surface area contributed by atoms with E-state index in [0.717, 1.165) is 44.3 Å². The van der Waals surface area contributed by atoms with Crippen molar-refractivity contribution < 1.29 is 4.79 Å².